The fraction of sp³-hybridized carbons (Fsp3) is 0.355. The van der Waals surface area contributed by atoms with Crippen molar-refractivity contribution in [2.45, 2.75) is 57.5 Å². The lowest BCUT2D eigenvalue weighted by molar-refractivity contribution is 0.199. The maximum atomic E-state index is 15.1. The molecule has 1 atom stereocenters. The second-order valence-corrected chi connectivity index (χ2v) is 9.74. The summed E-state index contributed by atoms with van der Waals surface area (Å²) in [6.45, 7) is 5.59. The van der Waals surface area contributed by atoms with Gasteiger partial charge in [0.25, 0.3) is 0 Å². The van der Waals surface area contributed by atoms with Crippen LogP contribution >= 0.6 is 0 Å². The van der Waals surface area contributed by atoms with E-state index >= 15 is 8.78 Å². The highest BCUT2D eigenvalue weighted by molar-refractivity contribution is 5.65. The average Bonchev–Trinajstić information content (AvgIpc) is 2.89. The third-order valence-electron chi connectivity index (χ3n) is 7.32. The van der Waals surface area contributed by atoms with Gasteiger partial charge in [-0.25, -0.2) is 13.2 Å². The second-order valence-electron chi connectivity index (χ2n) is 9.74. The lowest BCUT2D eigenvalue weighted by Crippen LogP contribution is -2.16. The van der Waals surface area contributed by atoms with Crippen molar-refractivity contribution in [3.8, 4) is 16.9 Å². The van der Waals surface area contributed by atoms with Gasteiger partial charge in [0, 0.05) is 11.6 Å². The first-order valence-electron chi connectivity index (χ1n) is 12.7. The van der Waals surface area contributed by atoms with Gasteiger partial charge >= 0.3 is 0 Å². The first kappa shape index (κ1) is 26.0. The zero-order valence-electron chi connectivity index (χ0n) is 20.7. The van der Waals surface area contributed by atoms with E-state index < -0.39 is 17.7 Å². The van der Waals surface area contributed by atoms with Crippen LogP contribution in [0.25, 0.3) is 11.1 Å². The quantitative estimate of drug-likeness (QED) is 0.303. The Bertz CT molecular complexity index is 1180. The molecule has 190 valence electrons. The van der Waals surface area contributed by atoms with Gasteiger partial charge in [-0.1, -0.05) is 55.1 Å². The summed E-state index contributed by atoms with van der Waals surface area (Å²) in [4.78, 5) is 0. The Kier molecular flexibility index (Phi) is 8.52. The Balaban J connectivity index is 1.35. The van der Waals surface area contributed by atoms with Gasteiger partial charge in [0.1, 0.15) is 18.2 Å². The summed E-state index contributed by atoms with van der Waals surface area (Å²) in [5.74, 6) is -0.929. The number of hydrogen-bond acceptors (Lipinski definition) is 2. The van der Waals surface area contributed by atoms with E-state index in [4.69, 9.17) is 4.74 Å². The molecule has 4 rings (SSSR count). The van der Waals surface area contributed by atoms with Crippen LogP contribution in [0.4, 0.5) is 13.2 Å². The Morgan fingerprint density at radius 3 is 2.33 bits per heavy atom. The fourth-order valence-corrected chi connectivity index (χ4v) is 5.14. The smallest absolute Gasteiger partial charge is 0.166 e. The van der Waals surface area contributed by atoms with Crippen molar-refractivity contribution in [3.05, 3.63) is 101 Å². The standard InChI is InChI=1S/C31H33F3O2/c1-3-18-36-26-15-14-25(29(32)19-26)9-6-21-4-7-23(8-5-21)27-16-17-28(31(34)30(27)33)24-12-10-22(11-13-24)20(2)35/h3,10-17,19-21,23,35H,1,4-9,18H2,2H3. The first-order valence-corrected chi connectivity index (χ1v) is 12.7. The molecule has 1 N–H and O–H groups in total. The van der Waals surface area contributed by atoms with Crippen molar-refractivity contribution >= 4 is 0 Å². The highest BCUT2D eigenvalue weighted by Crippen LogP contribution is 2.40. The molecular weight excluding hydrogens is 461 g/mol. The van der Waals surface area contributed by atoms with E-state index in [1.54, 1.807) is 61.5 Å². The van der Waals surface area contributed by atoms with E-state index in [0.29, 0.717) is 41.4 Å². The van der Waals surface area contributed by atoms with Gasteiger partial charge in [0.2, 0.25) is 0 Å². The first-order chi connectivity index (χ1) is 17.4. The maximum Gasteiger partial charge on any atom is 0.166 e. The summed E-state index contributed by atoms with van der Waals surface area (Å²) in [6.07, 6.45) is 5.94. The molecule has 0 radical (unpaired) electrons. The summed E-state index contributed by atoms with van der Waals surface area (Å²) in [5, 5.41) is 9.66. The zero-order chi connectivity index (χ0) is 25.7. The third-order valence-corrected chi connectivity index (χ3v) is 7.32. The molecule has 1 saturated carbocycles. The number of benzene rings is 3. The number of ether oxygens (including phenoxy) is 1. The predicted molar refractivity (Wildman–Crippen MR) is 138 cm³/mol. The second kappa shape index (κ2) is 11.8. The highest BCUT2D eigenvalue weighted by atomic mass is 19.2. The molecule has 2 nitrogen and oxygen atoms in total. The summed E-state index contributed by atoms with van der Waals surface area (Å²) < 4.78 is 49.9. The Labute approximate surface area is 211 Å². The van der Waals surface area contributed by atoms with Crippen LogP contribution in [0.2, 0.25) is 0 Å². The van der Waals surface area contributed by atoms with Crippen molar-refractivity contribution < 1.29 is 23.0 Å². The summed E-state index contributed by atoms with van der Waals surface area (Å²) in [6, 6.07) is 15.2. The molecule has 0 saturated heterocycles. The number of hydrogen-bond donors (Lipinski definition) is 1. The van der Waals surface area contributed by atoms with Gasteiger partial charge in [-0.2, -0.15) is 0 Å². The number of aliphatic hydroxyl groups excluding tert-OH is 1. The molecule has 0 heterocycles. The molecule has 1 fully saturated rings. The Hall–Kier alpha value is -3.05. The van der Waals surface area contributed by atoms with Crippen LogP contribution in [0, 0.1) is 23.4 Å². The topological polar surface area (TPSA) is 29.5 Å². The molecule has 0 bridgehead atoms. The van der Waals surface area contributed by atoms with E-state index in [0.717, 1.165) is 37.7 Å². The lowest BCUT2D eigenvalue weighted by atomic mass is 9.76. The molecule has 0 amide bonds. The van der Waals surface area contributed by atoms with Crippen molar-refractivity contribution in [1.29, 1.82) is 0 Å². The predicted octanol–water partition coefficient (Wildman–Crippen LogP) is 8.30. The minimum Gasteiger partial charge on any atom is -0.489 e. The van der Waals surface area contributed by atoms with Gasteiger partial charge in [0.15, 0.2) is 11.6 Å². The molecule has 1 aliphatic rings. The van der Waals surface area contributed by atoms with E-state index in [1.165, 1.54) is 6.07 Å². The minimum atomic E-state index is -0.824. The van der Waals surface area contributed by atoms with Crippen LogP contribution in [0.5, 0.6) is 5.75 Å². The molecule has 0 aromatic heterocycles. The average molecular weight is 495 g/mol. The number of halogens is 3. The zero-order valence-corrected chi connectivity index (χ0v) is 20.7. The van der Waals surface area contributed by atoms with E-state index in [1.807, 2.05) is 0 Å². The van der Waals surface area contributed by atoms with Crippen molar-refractivity contribution in [3.63, 3.8) is 0 Å². The summed E-state index contributed by atoms with van der Waals surface area (Å²) >= 11 is 0. The summed E-state index contributed by atoms with van der Waals surface area (Å²) in [7, 11) is 0. The largest absolute Gasteiger partial charge is 0.489 e. The minimum absolute atomic E-state index is 0.0135. The van der Waals surface area contributed by atoms with E-state index in [-0.39, 0.29) is 17.3 Å². The molecule has 3 aromatic carbocycles. The van der Waals surface area contributed by atoms with Crippen molar-refractivity contribution in [2.24, 2.45) is 5.92 Å². The molecule has 0 aliphatic heterocycles. The number of rotatable bonds is 9. The fourth-order valence-electron chi connectivity index (χ4n) is 5.14. The van der Waals surface area contributed by atoms with Gasteiger partial charge in [0.05, 0.1) is 6.10 Å². The van der Waals surface area contributed by atoms with Crippen LogP contribution in [0.1, 0.15) is 67.7 Å². The van der Waals surface area contributed by atoms with Crippen LogP contribution in [-0.2, 0) is 6.42 Å². The Morgan fingerprint density at radius 2 is 1.69 bits per heavy atom. The molecule has 0 spiro atoms. The summed E-state index contributed by atoms with van der Waals surface area (Å²) in [5.41, 5.74) is 2.65. The molecule has 5 heteroatoms. The van der Waals surface area contributed by atoms with Crippen molar-refractivity contribution in [1.82, 2.24) is 0 Å². The maximum absolute atomic E-state index is 15.1. The van der Waals surface area contributed by atoms with Gasteiger partial charge < -0.3 is 9.84 Å². The van der Waals surface area contributed by atoms with Gasteiger partial charge in [-0.05, 0) is 85.6 Å². The normalized spacial score (nSPS) is 18.6. The number of aryl methyl sites for hydroxylation is 1. The van der Waals surface area contributed by atoms with Crippen LogP contribution in [0.15, 0.2) is 67.3 Å². The van der Waals surface area contributed by atoms with Gasteiger partial charge in [-0.15, -0.1) is 0 Å². The van der Waals surface area contributed by atoms with E-state index in [2.05, 4.69) is 6.58 Å². The van der Waals surface area contributed by atoms with Gasteiger partial charge in [-0.3, -0.25) is 0 Å². The van der Waals surface area contributed by atoms with Crippen LogP contribution < -0.4 is 4.74 Å². The van der Waals surface area contributed by atoms with E-state index in [9.17, 15) is 9.50 Å². The van der Waals surface area contributed by atoms with Crippen molar-refractivity contribution in [2.75, 3.05) is 6.61 Å². The monoisotopic (exact) mass is 494 g/mol. The van der Waals surface area contributed by atoms with Crippen LogP contribution in [-0.4, -0.2) is 11.7 Å². The lowest BCUT2D eigenvalue weighted by Gasteiger charge is -2.29. The molecule has 1 aliphatic carbocycles. The SMILES string of the molecule is C=CCOc1ccc(CCC2CCC(c3ccc(-c4ccc(C(C)O)cc4)c(F)c3F)CC2)c(F)c1. The molecular formula is C31H33F3O2. The number of aliphatic hydroxyl groups is 1. The molecule has 3 aromatic rings. The molecule has 36 heavy (non-hydrogen) atoms. The third kappa shape index (κ3) is 6.01. The highest BCUT2D eigenvalue weighted by Gasteiger charge is 2.26. The molecule has 1 unspecified atom stereocenters. The van der Waals surface area contributed by atoms with Crippen LogP contribution in [0.3, 0.4) is 0 Å². The Morgan fingerprint density at radius 1 is 0.972 bits per heavy atom.